The standard InChI is InChI=1S/C19H26F3N3O3/c1-18(2,3)12-25-8-7-23-17(27)15(25)10-16(26)24-11-13-5-4-6-14(9-13)28-19(20,21)22/h4-6,9,15H,7-8,10-12H2,1-3H3,(H,23,27)(H,24,26). The number of nitrogens with zero attached hydrogens (tertiary/aromatic N) is 1. The third kappa shape index (κ3) is 7.38. The maximum atomic E-state index is 12.3. The molecule has 0 radical (unpaired) electrons. The number of carbonyl (C=O) groups excluding carboxylic acids is 2. The molecule has 156 valence electrons. The monoisotopic (exact) mass is 401 g/mol. The summed E-state index contributed by atoms with van der Waals surface area (Å²) in [7, 11) is 0. The van der Waals surface area contributed by atoms with Crippen molar-refractivity contribution in [1.82, 2.24) is 15.5 Å². The first kappa shape index (κ1) is 22.0. The lowest BCUT2D eigenvalue weighted by atomic mass is 9.94. The molecule has 2 N–H and O–H groups in total. The second kappa shape index (κ2) is 8.81. The highest BCUT2D eigenvalue weighted by Gasteiger charge is 2.33. The zero-order valence-electron chi connectivity index (χ0n) is 16.2. The van der Waals surface area contributed by atoms with Gasteiger partial charge in [-0.2, -0.15) is 0 Å². The Bertz CT molecular complexity index is 702. The third-order valence-corrected chi connectivity index (χ3v) is 4.12. The van der Waals surface area contributed by atoms with E-state index in [1.807, 2.05) is 4.90 Å². The van der Waals surface area contributed by atoms with Crippen LogP contribution in [0.4, 0.5) is 13.2 Å². The van der Waals surface area contributed by atoms with Crippen LogP contribution in [0.5, 0.6) is 5.75 Å². The van der Waals surface area contributed by atoms with Gasteiger partial charge in [0.2, 0.25) is 11.8 Å². The molecule has 2 amide bonds. The smallest absolute Gasteiger partial charge is 0.406 e. The van der Waals surface area contributed by atoms with Crippen molar-refractivity contribution < 1.29 is 27.5 Å². The van der Waals surface area contributed by atoms with Gasteiger partial charge in [0, 0.05) is 26.2 Å². The van der Waals surface area contributed by atoms with Gasteiger partial charge in [-0.15, -0.1) is 13.2 Å². The molecule has 1 aromatic rings. The van der Waals surface area contributed by atoms with Crippen LogP contribution < -0.4 is 15.4 Å². The highest BCUT2D eigenvalue weighted by Crippen LogP contribution is 2.23. The van der Waals surface area contributed by atoms with Crippen molar-refractivity contribution in [1.29, 1.82) is 0 Å². The van der Waals surface area contributed by atoms with Crippen LogP contribution in [0.25, 0.3) is 0 Å². The van der Waals surface area contributed by atoms with Gasteiger partial charge in [-0.25, -0.2) is 0 Å². The molecule has 2 rings (SSSR count). The molecule has 0 aromatic heterocycles. The van der Waals surface area contributed by atoms with E-state index in [-0.39, 0.29) is 35.9 Å². The summed E-state index contributed by atoms with van der Waals surface area (Å²) < 4.78 is 40.8. The average molecular weight is 401 g/mol. The number of hydrogen-bond donors (Lipinski definition) is 2. The Kier molecular flexibility index (Phi) is 6.92. The van der Waals surface area contributed by atoms with Crippen molar-refractivity contribution in [2.24, 2.45) is 5.41 Å². The number of rotatable bonds is 6. The molecule has 9 heteroatoms. The molecule has 1 aromatic carbocycles. The summed E-state index contributed by atoms with van der Waals surface area (Å²) in [5.41, 5.74) is 0.445. The third-order valence-electron chi connectivity index (χ3n) is 4.12. The largest absolute Gasteiger partial charge is 0.573 e. The Morgan fingerprint density at radius 3 is 2.68 bits per heavy atom. The van der Waals surface area contributed by atoms with Crippen molar-refractivity contribution in [3.05, 3.63) is 29.8 Å². The van der Waals surface area contributed by atoms with Crippen molar-refractivity contribution in [2.45, 2.75) is 46.1 Å². The van der Waals surface area contributed by atoms with Gasteiger partial charge in [0.15, 0.2) is 0 Å². The van der Waals surface area contributed by atoms with E-state index in [4.69, 9.17) is 0 Å². The Hall–Kier alpha value is -2.29. The van der Waals surface area contributed by atoms with Gasteiger partial charge in [0.05, 0.1) is 12.5 Å². The first-order valence-electron chi connectivity index (χ1n) is 9.06. The van der Waals surface area contributed by atoms with E-state index < -0.39 is 12.4 Å². The Morgan fingerprint density at radius 2 is 2.04 bits per heavy atom. The number of amides is 2. The average Bonchev–Trinajstić information content (AvgIpc) is 2.53. The molecular formula is C19H26F3N3O3. The van der Waals surface area contributed by atoms with Crippen molar-refractivity contribution in [3.63, 3.8) is 0 Å². The predicted molar refractivity (Wildman–Crippen MR) is 97.4 cm³/mol. The van der Waals surface area contributed by atoms with E-state index in [1.165, 1.54) is 18.2 Å². The quantitative estimate of drug-likeness (QED) is 0.768. The molecule has 0 spiro atoms. The van der Waals surface area contributed by atoms with Gasteiger partial charge in [0.1, 0.15) is 5.75 Å². The fraction of sp³-hybridized carbons (Fsp3) is 0.579. The molecule has 1 aliphatic rings. The molecule has 1 heterocycles. The number of hydrogen-bond acceptors (Lipinski definition) is 4. The molecule has 0 saturated carbocycles. The number of piperazine rings is 1. The van der Waals surface area contributed by atoms with E-state index >= 15 is 0 Å². The van der Waals surface area contributed by atoms with Gasteiger partial charge in [0.25, 0.3) is 0 Å². The minimum absolute atomic E-state index is 0.0132. The number of benzene rings is 1. The molecule has 1 atom stereocenters. The molecule has 6 nitrogen and oxygen atoms in total. The van der Waals surface area contributed by atoms with E-state index in [0.717, 1.165) is 0 Å². The van der Waals surface area contributed by atoms with Crippen LogP contribution in [0.3, 0.4) is 0 Å². The maximum absolute atomic E-state index is 12.3. The molecule has 0 bridgehead atoms. The first-order valence-corrected chi connectivity index (χ1v) is 9.06. The molecule has 1 saturated heterocycles. The van der Waals surface area contributed by atoms with E-state index in [2.05, 4.69) is 36.1 Å². The SMILES string of the molecule is CC(C)(C)CN1CCNC(=O)C1CC(=O)NCc1cccc(OC(F)(F)F)c1. The second-order valence-electron chi connectivity index (χ2n) is 8.01. The summed E-state index contributed by atoms with van der Waals surface area (Å²) in [4.78, 5) is 26.5. The van der Waals surface area contributed by atoms with Gasteiger partial charge in [-0.1, -0.05) is 32.9 Å². The molecule has 1 aliphatic heterocycles. The number of nitrogens with one attached hydrogen (secondary N) is 2. The second-order valence-corrected chi connectivity index (χ2v) is 8.01. The van der Waals surface area contributed by atoms with Gasteiger partial charge in [-0.3, -0.25) is 14.5 Å². The normalized spacial score (nSPS) is 18.5. The van der Waals surface area contributed by atoms with Gasteiger partial charge < -0.3 is 15.4 Å². The van der Waals surface area contributed by atoms with Crippen LogP contribution in [-0.4, -0.2) is 48.8 Å². The lowest BCUT2D eigenvalue weighted by molar-refractivity contribution is -0.274. The van der Waals surface area contributed by atoms with Crippen molar-refractivity contribution in [2.75, 3.05) is 19.6 Å². The summed E-state index contributed by atoms with van der Waals surface area (Å²) in [6.07, 6.45) is -4.78. The summed E-state index contributed by atoms with van der Waals surface area (Å²) in [5.74, 6) is -0.878. The van der Waals surface area contributed by atoms with Gasteiger partial charge >= 0.3 is 6.36 Å². The molecule has 1 fully saturated rings. The maximum Gasteiger partial charge on any atom is 0.573 e. The van der Waals surface area contributed by atoms with Crippen LogP contribution >= 0.6 is 0 Å². The van der Waals surface area contributed by atoms with Crippen LogP contribution in [0.1, 0.15) is 32.8 Å². The fourth-order valence-corrected chi connectivity index (χ4v) is 3.08. The van der Waals surface area contributed by atoms with Crippen molar-refractivity contribution >= 4 is 11.8 Å². The Balaban J connectivity index is 1.93. The predicted octanol–water partition coefficient (Wildman–Crippen LogP) is 2.44. The molecule has 28 heavy (non-hydrogen) atoms. The highest BCUT2D eigenvalue weighted by molar-refractivity contribution is 5.88. The minimum Gasteiger partial charge on any atom is -0.406 e. The summed E-state index contributed by atoms with van der Waals surface area (Å²) >= 11 is 0. The lowest BCUT2D eigenvalue weighted by Crippen LogP contribution is -2.58. The van der Waals surface area contributed by atoms with E-state index in [1.54, 1.807) is 6.07 Å². The Morgan fingerprint density at radius 1 is 1.32 bits per heavy atom. The lowest BCUT2D eigenvalue weighted by Gasteiger charge is -2.38. The zero-order chi connectivity index (χ0) is 20.9. The number of halogens is 3. The van der Waals surface area contributed by atoms with Crippen LogP contribution in [-0.2, 0) is 16.1 Å². The fourth-order valence-electron chi connectivity index (χ4n) is 3.08. The van der Waals surface area contributed by atoms with Crippen molar-refractivity contribution in [3.8, 4) is 5.75 Å². The van der Waals surface area contributed by atoms with Crippen LogP contribution in [0.15, 0.2) is 24.3 Å². The molecule has 1 unspecified atom stereocenters. The molecule has 0 aliphatic carbocycles. The topological polar surface area (TPSA) is 70.7 Å². The number of carbonyl (C=O) groups is 2. The van der Waals surface area contributed by atoms with E-state index in [9.17, 15) is 22.8 Å². The first-order chi connectivity index (χ1) is 12.9. The zero-order valence-corrected chi connectivity index (χ0v) is 16.2. The Labute approximate surface area is 162 Å². The molecular weight excluding hydrogens is 375 g/mol. The highest BCUT2D eigenvalue weighted by atomic mass is 19.4. The van der Waals surface area contributed by atoms with E-state index in [0.29, 0.717) is 25.2 Å². The number of alkyl halides is 3. The van der Waals surface area contributed by atoms with Gasteiger partial charge in [-0.05, 0) is 23.1 Å². The summed E-state index contributed by atoms with van der Waals surface area (Å²) in [6, 6.07) is 4.85. The summed E-state index contributed by atoms with van der Waals surface area (Å²) in [5, 5.41) is 5.43. The number of ether oxygens (including phenoxy) is 1. The van der Waals surface area contributed by atoms with Crippen LogP contribution in [0, 0.1) is 5.41 Å². The minimum atomic E-state index is -4.77. The van der Waals surface area contributed by atoms with Crippen LogP contribution in [0.2, 0.25) is 0 Å². The summed E-state index contributed by atoms with van der Waals surface area (Å²) in [6.45, 7) is 8.11.